The van der Waals surface area contributed by atoms with Gasteiger partial charge in [-0.1, -0.05) is 67.1 Å². The van der Waals surface area contributed by atoms with E-state index in [0.717, 1.165) is 34.2 Å². The minimum Gasteiger partial charge on any atom is -0.334 e. The van der Waals surface area contributed by atoms with Crippen LogP contribution in [0.4, 0.5) is 10.3 Å². The molecule has 1 aliphatic rings. The van der Waals surface area contributed by atoms with Crippen LogP contribution in [-0.4, -0.2) is 36.3 Å². The van der Waals surface area contributed by atoms with E-state index in [9.17, 15) is 4.79 Å². The van der Waals surface area contributed by atoms with Gasteiger partial charge in [0.25, 0.3) is 0 Å². The average Bonchev–Trinajstić information content (AvgIpc) is 3.63. The summed E-state index contributed by atoms with van der Waals surface area (Å²) in [5.41, 5.74) is 4.93. The molecule has 1 amide bonds. The molecule has 0 radical (unpaired) electrons. The number of carbonyl (C=O) groups is 1. The summed E-state index contributed by atoms with van der Waals surface area (Å²) in [6, 6.07) is 7.73. The van der Waals surface area contributed by atoms with Crippen molar-refractivity contribution >= 4 is 38.8 Å². The van der Waals surface area contributed by atoms with Crippen molar-refractivity contribution in [2.24, 2.45) is 0 Å². The number of hydrogen-bond acceptors (Lipinski definition) is 10. The lowest BCUT2D eigenvalue weighted by Gasteiger charge is -2.18. The van der Waals surface area contributed by atoms with E-state index in [2.05, 4.69) is 60.1 Å². The van der Waals surface area contributed by atoms with E-state index in [0.29, 0.717) is 17.5 Å². The first-order valence-electron chi connectivity index (χ1n) is 12.8. The summed E-state index contributed by atoms with van der Waals surface area (Å²) in [6.45, 7) is 2.12. The lowest BCUT2D eigenvalue weighted by Crippen LogP contribution is -2.14. The summed E-state index contributed by atoms with van der Waals surface area (Å²) in [6.07, 6.45) is 17.6. The number of carbonyl (C=O) groups excluding carboxylic acids is 1. The first kappa shape index (κ1) is 27.5. The lowest BCUT2D eigenvalue weighted by molar-refractivity contribution is -0.115. The standard InChI is InChI=1S/C15H18N4OS.C12H14N4S/c20-13(9-11-5-4-8-16-10-11)17-15-19-18-14(21-15)12-6-2-1-3-7-12;1-2-4-11(15-12-16-14-9-17-12)7-10-5-3-6-13-8-10/h4-5,8,10,12H,1-3,6-7,9H2,(H,17,19,20);3-6,8-9H,2,7H2,1H3,(H,15,16)/b;11-4+. The van der Waals surface area contributed by atoms with Gasteiger partial charge in [-0.25, -0.2) is 0 Å². The number of hydrogen-bond donors (Lipinski definition) is 2. The third-order valence-electron chi connectivity index (χ3n) is 5.92. The van der Waals surface area contributed by atoms with Crippen molar-refractivity contribution in [3.63, 3.8) is 0 Å². The van der Waals surface area contributed by atoms with Gasteiger partial charge in [0.1, 0.15) is 10.5 Å². The number of aromatic nitrogens is 6. The van der Waals surface area contributed by atoms with E-state index >= 15 is 0 Å². The van der Waals surface area contributed by atoms with Gasteiger partial charge in [-0.15, -0.1) is 20.4 Å². The van der Waals surface area contributed by atoms with Crippen LogP contribution >= 0.6 is 22.7 Å². The molecule has 198 valence electrons. The van der Waals surface area contributed by atoms with Crippen molar-refractivity contribution < 1.29 is 4.79 Å². The summed E-state index contributed by atoms with van der Waals surface area (Å²) in [5, 5.41) is 24.7. The first-order chi connectivity index (χ1) is 18.7. The van der Waals surface area contributed by atoms with Crippen molar-refractivity contribution in [2.75, 3.05) is 10.6 Å². The Bertz CT molecular complexity index is 1260. The predicted octanol–water partition coefficient (Wildman–Crippen LogP) is 6.04. The average molecular weight is 549 g/mol. The molecule has 2 N–H and O–H groups in total. The smallest absolute Gasteiger partial charge is 0.230 e. The normalized spacial score (nSPS) is 13.9. The van der Waals surface area contributed by atoms with Crippen molar-refractivity contribution in [3.8, 4) is 0 Å². The molecule has 0 unspecified atom stereocenters. The monoisotopic (exact) mass is 548 g/mol. The molecule has 11 heteroatoms. The van der Waals surface area contributed by atoms with Crippen molar-refractivity contribution in [3.05, 3.63) is 82.5 Å². The SMILES string of the molecule is CC/C=C(\Cc1cccnc1)Nc1nncs1.O=C(Cc1cccnc1)Nc1nnc(C2CCCCC2)s1. The van der Waals surface area contributed by atoms with Crippen LogP contribution in [0.5, 0.6) is 0 Å². The zero-order valence-electron chi connectivity index (χ0n) is 21.4. The predicted molar refractivity (Wildman–Crippen MR) is 152 cm³/mol. The van der Waals surface area contributed by atoms with Gasteiger partial charge in [0.15, 0.2) is 0 Å². The number of nitrogens with zero attached hydrogens (tertiary/aromatic N) is 6. The molecule has 0 saturated heterocycles. The zero-order chi connectivity index (χ0) is 26.4. The molecule has 0 aromatic carbocycles. The maximum atomic E-state index is 12.0. The molecule has 38 heavy (non-hydrogen) atoms. The molecule has 0 aliphatic heterocycles. The molecular formula is C27H32N8OS2. The second-order valence-corrected chi connectivity index (χ2v) is 10.8. The van der Waals surface area contributed by atoms with E-state index in [1.54, 1.807) is 24.1 Å². The number of rotatable bonds is 9. The second kappa shape index (κ2) is 15.0. The van der Waals surface area contributed by atoms with E-state index in [1.165, 1.54) is 60.3 Å². The molecule has 1 saturated carbocycles. The Morgan fingerprint density at radius 2 is 1.68 bits per heavy atom. The van der Waals surface area contributed by atoms with Crippen LogP contribution in [0.15, 0.2) is 66.3 Å². The van der Waals surface area contributed by atoms with Gasteiger partial charge < -0.3 is 10.6 Å². The van der Waals surface area contributed by atoms with Gasteiger partial charge >= 0.3 is 0 Å². The van der Waals surface area contributed by atoms with Crippen LogP contribution in [-0.2, 0) is 17.6 Å². The van der Waals surface area contributed by atoms with Gasteiger partial charge in [-0.2, -0.15) is 0 Å². The fourth-order valence-electron chi connectivity index (χ4n) is 4.15. The minimum absolute atomic E-state index is 0.0747. The molecule has 4 heterocycles. The Kier molecular flexibility index (Phi) is 10.8. The third kappa shape index (κ3) is 9.07. The Balaban J connectivity index is 0.000000181. The van der Waals surface area contributed by atoms with Gasteiger partial charge in [-0.05, 0) is 42.5 Å². The topological polar surface area (TPSA) is 118 Å². The van der Waals surface area contributed by atoms with Crippen LogP contribution in [0.3, 0.4) is 0 Å². The van der Waals surface area contributed by atoms with Crippen LogP contribution in [0.2, 0.25) is 0 Å². The van der Waals surface area contributed by atoms with Crippen molar-refractivity contribution in [1.29, 1.82) is 0 Å². The number of allylic oxidation sites excluding steroid dienone is 2. The highest BCUT2D eigenvalue weighted by atomic mass is 32.1. The molecule has 0 spiro atoms. The number of amides is 1. The quantitative estimate of drug-likeness (QED) is 0.260. The first-order valence-corrected chi connectivity index (χ1v) is 14.5. The number of pyridine rings is 2. The fraction of sp³-hybridized carbons (Fsp3) is 0.370. The summed E-state index contributed by atoms with van der Waals surface area (Å²) < 4.78 is 0. The van der Waals surface area contributed by atoms with E-state index in [-0.39, 0.29) is 5.91 Å². The molecule has 0 atom stereocenters. The van der Waals surface area contributed by atoms with Gasteiger partial charge in [0, 0.05) is 42.8 Å². The summed E-state index contributed by atoms with van der Waals surface area (Å²) in [5.74, 6) is 0.453. The molecule has 4 aromatic rings. The fourth-order valence-corrected chi connectivity index (χ4v) is 5.56. The molecule has 0 bridgehead atoms. The minimum atomic E-state index is -0.0747. The Labute approximate surface area is 230 Å². The van der Waals surface area contributed by atoms with Gasteiger partial charge in [0.2, 0.25) is 16.2 Å². The van der Waals surface area contributed by atoms with E-state index < -0.39 is 0 Å². The van der Waals surface area contributed by atoms with Crippen LogP contribution in [0.25, 0.3) is 0 Å². The van der Waals surface area contributed by atoms with E-state index in [1.807, 2.05) is 24.4 Å². The number of anilines is 2. The Hall–Kier alpha value is -3.57. The maximum Gasteiger partial charge on any atom is 0.230 e. The molecular weight excluding hydrogens is 516 g/mol. The Morgan fingerprint density at radius 1 is 0.947 bits per heavy atom. The Morgan fingerprint density at radius 3 is 2.32 bits per heavy atom. The van der Waals surface area contributed by atoms with Gasteiger partial charge in [0.05, 0.1) is 6.42 Å². The highest BCUT2D eigenvalue weighted by Crippen LogP contribution is 2.35. The van der Waals surface area contributed by atoms with Crippen molar-refractivity contribution in [2.45, 2.75) is 64.2 Å². The summed E-state index contributed by atoms with van der Waals surface area (Å²) >= 11 is 3.01. The largest absolute Gasteiger partial charge is 0.334 e. The second-order valence-electron chi connectivity index (χ2n) is 8.91. The number of nitrogens with one attached hydrogen (secondary N) is 2. The molecule has 9 nitrogen and oxygen atoms in total. The highest BCUT2D eigenvalue weighted by molar-refractivity contribution is 7.15. The van der Waals surface area contributed by atoms with Crippen molar-refractivity contribution in [1.82, 2.24) is 30.4 Å². The zero-order valence-corrected chi connectivity index (χ0v) is 23.0. The maximum absolute atomic E-state index is 12.0. The summed E-state index contributed by atoms with van der Waals surface area (Å²) in [7, 11) is 0. The molecule has 1 aliphatic carbocycles. The third-order valence-corrected chi connectivity index (χ3v) is 7.53. The molecule has 1 fully saturated rings. The lowest BCUT2D eigenvalue weighted by atomic mass is 9.90. The van der Waals surface area contributed by atoms with Crippen LogP contribution < -0.4 is 10.6 Å². The van der Waals surface area contributed by atoms with Crippen LogP contribution in [0, 0.1) is 0 Å². The van der Waals surface area contributed by atoms with Gasteiger partial charge in [-0.3, -0.25) is 14.8 Å². The van der Waals surface area contributed by atoms with Crippen LogP contribution in [0.1, 0.15) is 67.5 Å². The van der Waals surface area contributed by atoms with E-state index in [4.69, 9.17) is 0 Å². The highest BCUT2D eigenvalue weighted by Gasteiger charge is 2.20. The molecule has 4 aromatic heterocycles. The molecule has 5 rings (SSSR count). The summed E-state index contributed by atoms with van der Waals surface area (Å²) in [4.78, 5) is 20.1.